The summed E-state index contributed by atoms with van der Waals surface area (Å²) in [6.07, 6.45) is 11.0. The summed E-state index contributed by atoms with van der Waals surface area (Å²) in [5, 5.41) is 14.2. The summed E-state index contributed by atoms with van der Waals surface area (Å²) in [5.74, 6) is 0.799. The van der Waals surface area contributed by atoms with Crippen molar-refractivity contribution >= 4 is 22.8 Å². The van der Waals surface area contributed by atoms with Gasteiger partial charge in [-0.1, -0.05) is 51.1 Å². The van der Waals surface area contributed by atoms with Crippen molar-refractivity contribution in [1.29, 1.82) is 0 Å². The molecule has 0 bridgehead atoms. The maximum absolute atomic E-state index is 13.0. The van der Waals surface area contributed by atoms with Crippen molar-refractivity contribution in [3.63, 3.8) is 0 Å². The number of amides is 1. The first-order valence-electron chi connectivity index (χ1n) is 16.5. The molecule has 0 spiro atoms. The van der Waals surface area contributed by atoms with Crippen LogP contribution >= 0.6 is 0 Å². The van der Waals surface area contributed by atoms with Crippen LogP contribution in [-0.4, -0.2) is 79.8 Å². The first-order valence-corrected chi connectivity index (χ1v) is 16.5. The number of anilines is 1. The van der Waals surface area contributed by atoms with Crippen LogP contribution in [0.4, 0.5) is 5.82 Å². The molecule has 0 radical (unpaired) electrons. The van der Waals surface area contributed by atoms with Gasteiger partial charge in [0.2, 0.25) is 0 Å². The van der Waals surface area contributed by atoms with Gasteiger partial charge in [-0.3, -0.25) is 4.79 Å². The minimum atomic E-state index is -0.540. The number of rotatable bonds is 9. The molecule has 2 aliphatic rings. The molecule has 2 fully saturated rings. The number of nitrogens with zero attached hydrogens (tertiary/aromatic N) is 6. The zero-order chi connectivity index (χ0) is 31.4. The van der Waals surface area contributed by atoms with Crippen LogP contribution in [0, 0.1) is 5.41 Å². The lowest BCUT2D eigenvalue weighted by molar-refractivity contribution is -0.0577. The fraction of sp³-hybridized carbons (Fsp3) is 0.500. The van der Waals surface area contributed by atoms with Gasteiger partial charge in [0.15, 0.2) is 5.82 Å². The van der Waals surface area contributed by atoms with E-state index >= 15 is 0 Å². The highest BCUT2D eigenvalue weighted by molar-refractivity contribution is 5.97. The summed E-state index contributed by atoms with van der Waals surface area (Å²) < 4.78 is 2.00. The molecule has 2 N–H and O–H groups in total. The van der Waals surface area contributed by atoms with Crippen molar-refractivity contribution in [1.82, 2.24) is 29.7 Å². The van der Waals surface area contributed by atoms with E-state index in [1.165, 1.54) is 0 Å². The third-order valence-electron chi connectivity index (χ3n) is 9.26. The number of likely N-dealkylation sites (tertiary alicyclic amines) is 1. The Morgan fingerprint density at radius 2 is 1.76 bits per heavy atom. The Morgan fingerprint density at radius 3 is 2.44 bits per heavy atom. The zero-order valence-electron chi connectivity index (χ0n) is 27.0. The Kier molecular flexibility index (Phi) is 9.19. The van der Waals surface area contributed by atoms with Gasteiger partial charge in [-0.25, -0.2) is 15.0 Å². The lowest BCUT2D eigenvalue weighted by atomic mass is 9.76. The molecular weight excluding hydrogens is 562 g/mol. The molecule has 0 unspecified atom stereocenters. The fourth-order valence-corrected chi connectivity index (χ4v) is 7.09. The second kappa shape index (κ2) is 13.3. The molecule has 2 aromatic heterocycles. The van der Waals surface area contributed by atoms with Crippen molar-refractivity contribution in [3.8, 4) is 11.3 Å². The molecule has 45 heavy (non-hydrogen) atoms. The van der Waals surface area contributed by atoms with Crippen molar-refractivity contribution in [2.75, 3.05) is 37.6 Å². The van der Waals surface area contributed by atoms with Gasteiger partial charge in [0.25, 0.3) is 5.91 Å². The van der Waals surface area contributed by atoms with E-state index in [2.05, 4.69) is 53.0 Å². The van der Waals surface area contributed by atoms with Crippen LogP contribution in [0.5, 0.6) is 0 Å². The highest BCUT2D eigenvalue weighted by Crippen LogP contribution is 2.37. The molecule has 4 heterocycles. The van der Waals surface area contributed by atoms with Gasteiger partial charge in [0.05, 0.1) is 23.0 Å². The summed E-state index contributed by atoms with van der Waals surface area (Å²) in [6, 6.07) is 16.4. The number of aryl methyl sites for hydroxylation is 1. The van der Waals surface area contributed by atoms with Gasteiger partial charge in [-0.05, 0) is 62.1 Å². The topological polar surface area (TPSA) is 99.4 Å². The SMILES string of the molecule is CC(C)(C)CC1(O)CCN(C2CCN(c3nc4ccc(C(=O)NCCCn5ccnc5)cc4nc3-c3ccccc3)CC2)CC1. The van der Waals surface area contributed by atoms with Gasteiger partial charge in [0, 0.05) is 68.8 Å². The number of hydrogen-bond acceptors (Lipinski definition) is 7. The molecular formula is C36H47N7O2. The minimum Gasteiger partial charge on any atom is -0.390 e. The Morgan fingerprint density at radius 1 is 1.00 bits per heavy atom. The Bertz CT molecular complexity index is 1570. The number of imidazole rings is 1. The van der Waals surface area contributed by atoms with Gasteiger partial charge in [-0.15, -0.1) is 0 Å². The fourth-order valence-electron chi connectivity index (χ4n) is 7.09. The smallest absolute Gasteiger partial charge is 0.251 e. The lowest BCUT2D eigenvalue weighted by Gasteiger charge is -2.46. The van der Waals surface area contributed by atoms with Crippen LogP contribution in [0.3, 0.4) is 0 Å². The average Bonchev–Trinajstić information content (AvgIpc) is 3.56. The van der Waals surface area contributed by atoms with Gasteiger partial charge in [-0.2, -0.15) is 0 Å². The standard InChI is InChI=1S/C36H47N7O2/c1-35(2,3)25-36(45)14-21-42(22-15-36)29-12-19-43(20-13-29)33-32(27-8-5-4-6-9-27)39-31-24-28(10-11-30(31)40-33)34(44)38-16-7-18-41-23-17-37-26-41/h4-6,8-11,17,23-24,26,29,45H,7,12-16,18-22,25H2,1-3H3,(H,38,44). The van der Waals surface area contributed by atoms with Crippen LogP contribution in [0.2, 0.25) is 0 Å². The molecule has 1 amide bonds. The van der Waals surface area contributed by atoms with E-state index in [-0.39, 0.29) is 11.3 Å². The minimum absolute atomic E-state index is 0.105. The first kappa shape index (κ1) is 31.2. The van der Waals surface area contributed by atoms with E-state index in [4.69, 9.17) is 9.97 Å². The molecule has 6 rings (SSSR count). The number of fused-ring (bicyclic) bond motifs is 1. The summed E-state index contributed by atoms with van der Waals surface area (Å²) in [5.41, 5.74) is 3.56. The molecule has 2 aliphatic heterocycles. The van der Waals surface area contributed by atoms with E-state index in [0.29, 0.717) is 18.2 Å². The van der Waals surface area contributed by atoms with E-state index in [1.807, 2.05) is 47.2 Å². The predicted octanol–water partition coefficient (Wildman–Crippen LogP) is 5.55. The van der Waals surface area contributed by atoms with Gasteiger partial charge < -0.3 is 24.8 Å². The van der Waals surface area contributed by atoms with Crippen LogP contribution in [0.25, 0.3) is 22.3 Å². The van der Waals surface area contributed by atoms with E-state index in [9.17, 15) is 9.90 Å². The van der Waals surface area contributed by atoms with Gasteiger partial charge in [0.1, 0.15) is 5.69 Å². The number of piperidine rings is 2. The Balaban J connectivity index is 1.14. The van der Waals surface area contributed by atoms with Crippen LogP contribution in [0.1, 0.15) is 69.7 Å². The lowest BCUT2D eigenvalue weighted by Crippen LogP contribution is -2.52. The summed E-state index contributed by atoms with van der Waals surface area (Å²) in [4.78, 5) is 32.3. The third kappa shape index (κ3) is 7.71. The molecule has 2 saturated heterocycles. The predicted molar refractivity (Wildman–Crippen MR) is 179 cm³/mol. The average molecular weight is 610 g/mol. The Hall–Kier alpha value is -3.82. The van der Waals surface area contributed by atoms with Crippen molar-refractivity contribution in [2.45, 2.75) is 77.5 Å². The monoisotopic (exact) mass is 609 g/mol. The van der Waals surface area contributed by atoms with E-state index in [0.717, 1.165) is 99.4 Å². The molecule has 0 saturated carbocycles. The number of benzene rings is 2. The van der Waals surface area contributed by atoms with Crippen molar-refractivity contribution in [3.05, 3.63) is 72.8 Å². The highest BCUT2D eigenvalue weighted by Gasteiger charge is 2.38. The normalized spacial score (nSPS) is 17.9. The number of carbonyl (C=O) groups excluding carboxylic acids is 1. The van der Waals surface area contributed by atoms with Crippen LogP contribution in [0.15, 0.2) is 67.3 Å². The molecule has 9 nitrogen and oxygen atoms in total. The number of hydrogen-bond donors (Lipinski definition) is 2. The maximum Gasteiger partial charge on any atom is 0.251 e. The molecule has 238 valence electrons. The van der Waals surface area contributed by atoms with Crippen molar-refractivity contribution < 1.29 is 9.90 Å². The number of aliphatic hydroxyl groups is 1. The van der Waals surface area contributed by atoms with Crippen LogP contribution < -0.4 is 10.2 Å². The van der Waals surface area contributed by atoms with Crippen molar-refractivity contribution in [2.24, 2.45) is 5.41 Å². The maximum atomic E-state index is 13.0. The highest BCUT2D eigenvalue weighted by atomic mass is 16.3. The number of carbonyl (C=O) groups is 1. The Labute approximate surface area is 266 Å². The van der Waals surface area contributed by atoms with Crippen LogP contribution in [-0.2, 0) is 6.54 Å². The largest absolute Gasteiger partial charge is 0.390 e. The second-order valence-corrected chi connectivity index (χ2v) is 14.1. The first-order chi connectivity index (χ1) is 21.7. The third-order valence-corrected chi connectivity index (χ3v) is 9.26. The second-order valence-electron chi connectivity index (χ2n) is 14.1. The summed E-state index contributed by atoms with van der Waals surface area (Å²) >= 11 is 0. The van der Waals surface area contributed by atoms with E-state index < -0.39 is 5.60 Å². The summed E-state index contributed by atoms with van der Waals surface area (Å²) in [6.45, 7) is 11.8. The van der Waals surface area contributed by atoms with E-state index in [1.54, 1.807) is 12.5 Å². The molecule has 2 aromatic carbocycles. The quantitative estimate of drug-likeness (QED) is 0.240. The summed E-state index contributed by atoms with van der Waals surface area (Å²) in [7, 11) is 0. The molecule has 4 aromatic rings. The number of nitrogens with one attached hydrogen (secondary N) is 1. The number of aromatic nitrogens is 4. The van der Waals surface area contributed by atoms with Gasteiger partial charge >= 0.3 is 0 Å². The zero-order valence-corrected chi connectivity index (χ0v) is 27.0. The molecule has 0 aliphatic carbocycles. The molecule has 0 atom stereocenters. The molecule has 9 heteroatoms.